The first-order valence-corrected chi connectivity index (χ1v) is 12.8. The summed E-state index contributed by atoms with van der Waals surface area (Å²) in [7, 11) is -4.36. The SMILES string of the molecule is N#Cc1ccc(S(=O)(=O)N2C[C@H](F)C(n3ncc(NC[C@@]4(F)CCCOC4)c(Cl)c3=O)[C@@H](F)C2)nc1. The van der Waals surface area contributed by atoms with E-state index in [1.165, 1.54) is 6.07 Å². The molecule has 2 aliphatic rings. The van der Waals surface area contributed by atoms with Gasteiger partial charge >= 0.3 is 0 Å². The van der Waals surface area contributed by atoms with Crippen molar-refractivity contribution in [1.29, 1.82) is 5.26 Å². The first-order valence-electron chi connectivity index (χ1n) is 11.0. The van der Waals surface area contributed by atoms with Crippen LogP contribution in [0.25, 0.3) is 0 Å². The molecule has 2 aromatic rings. The van der Waals surface area contributed by atoms with Gasteiger partial charge in [0.1, 0.15) is 29.5 Å². The van der Waals surface area contributed by atoms with Crippen molar-refractivity contribution in [3.05, 3.63) is 45.5 Å². The van der Waals surface area contributed by atoms with Crippen LogP contribution in [0.1, 0.15) is 24.4 Å². The summed E-state index contributed by atoms with van der Waals surface area (Å²) in [6.07, 6.45) is -1.38. The number of nitrogens with zero attached hydrogens (tertiary/aromatic N) is 5. The summed E-state index contributed by atoms with van der Waals surface area (Å²) in [6, 6.07) is 2.35. The van der Waals surface area contributed by atoms with Crippen LogP contribution in [0, 0.1) is 11.3 Å². The first-order chi connectivity index (χ1) is 17.1. The largest absolute Gasteiger partial charge is 0.379 e. The van der Waals surface area contributed by atoms with E-state index in [0.29, 0.717) is 22.0 Å². The van der Waals surface area contributed by atoms with E-state index in [0.717, 1.165) is 18.5 Å². The molecule has 15 heteroatoms. The van der Waals surface area contributed by atoms with E-state index in [1.807, 2.05) is 0 Å². The molecule has 0 bridgehead atoms. The summed E-state index contributed by atoms with van der Waals surface area (Å²) < 4.78 is 76.9. The summed E-state index contributed by atoms with van der Waals surface area (Å²) in [6.45, 7) is -1.37. The van der Waals surface area contributed by atoms with Crippen molar-refractivity contribution >= 4 is 27.3 Å². The molecule has 0 spiro atoms. The predicted octanol–water partition coefficient (Wildman–Crippen LogP) is 2.02. The Hall–Kier alpha value is -2.73. The number of anilines is 1. The number of nitriles is 1. The number of halogens is 4. The molecule has 2 saturated heterocycles. The Balaban J connectivity index is 1.50. The highest BCUT2D eigenvalue weighted by Gasteiger charge is 2.45. The van der Waals surface area contributed by atoms with Gasteiger partial charge in [-0.25, -0.2) is 31.3 Å². The summed E-state index contributed by atoms with van der Waals surface area (Å²) in [5.74, 6) is 0. The Morgan fingerprint density at radius 2 is 2.00 bits per heavy atom. The van der Waals surface area contributed by atoms with Crippen LogP contribution in [0.2, 0.25) is 5.02 Å². The van der Waals surface area contributed by atoms with Crippen molar-refractivity contribution in [2.45, 2.75) is 41.9 Å². The van der Waals surface area contributed by atoms with Gasteiger partial charge in [-0.3, -0.25) is 4.79 Å². The smallest absolute Gasteiger partial charge is 0.288 e. The molecule has 2 fully saturated rings. The number of piperidine rings is 1. The Kier molecular flexibility index (Phi) is 7.56. The molecule has 0 aromatic carbocycles. The van der Waals surface area contributed by atoms with Crippen molar-refractivity contribution in [3.63, 3.8) is 0 Å². The van der Waals surface area contributed by atoms with E-state index < -0.39 is 62.8 Å². The van der Waals surface area contributed by atoms with Gasteiger partial charge in [0.05, 0.1) is 30.6 Å². The lowest BCUT2D eigenvalue weighted by Crippen LogP contribution is -2.53. The molecular weight excluding hydrogens is 525 g/mol. The average Bonchev–Trinajstić information content (AvgIpc) is 2.86. The highest BCUT2D eigenvalue weighted by atomic mass is 35.5. The summed E-state index contributed by atoms with van der Waals surface area (Å²) in [5, 5.41) is 14.5. The molecular formula is C21H22ClF3N6O4S. The number of ether oxygens (including phenoxy) is 1. The average molecular weight is 547 g/mol. The third-order valence-electron chi connectivity index (χ3n) is 6.06. The van der Waals surface area contributed by atoms with E-state index in [4.69, 9.17) is 21.6 Å². The van der Waals surface area contributed by atoms with Crippen molar-refractivity contribution < 1.29 is 26.3 Å². The van der Waals surface area contributed by atoms with Gasteiger partial charge in [-0.2, -0.15) is 14.7 Å². The number of aromatic nitrogens is 3. The highest BCUT2D eigenvalue weighted by Crippen LogP contribution is 2.31. The molecule has 1 N–H and O–H groups in total. The summed E-state index contributed by atoms with van der Waals surface area (Å²) >= 11 is 6.11. The fourth-order valence-electron chi connectivity index (χ4n) is 4.13. The minimum Gasteiger partial charge on any atom is -0.379 e. The van der Waals surface area contributed by atoms with Gasteiger partial charge in [-0.05, 0) is 25.0 Å². The van der Waals surface area contributed by atoms with Gasteiger partial charge in [0.2, 0.25) is 0 Å². The summed E-state index contributed by atoms with van der Waals surface area (Å²) in [4.78, 5) is 16.5. The van der Waals surface area contributed by atoms with E-state index in [-0.39, 0.29) is 30.8 Å². The monoisotopic (exact) mass is 546 g/mol. The summed E-state index contributed by atoms with van der Waals surface area (Å²) in [5.41, 5.74) is -2.55. The molecule has 194 valence electrons. The zero-order valence-electron chi connectivity index (χ0n) is 18.8. The maximum Gasteiger partial charge on any atom is 0.288 e. The minimum atomic E-state index is -4.36. The number of hydrogen-bond acceptors (Lipinski definition) is 8. The lowest BCUT2D eigenvalue weighted by atomic mass is 9.99. The van der Waals surface area contributed by atoms with Crippen LogP contribution >= 0.6 is 11.6 Å². The topological polar surface area (TPSA) is 130 Å². The lowest BCUT2D eigenvalue weighted by Gasteiger charge is -2.36. The fraction of sp³-hybridized carbons (Fsp3) is 0.524. The third-order valence-corrected chi connectivity index (χ3v) is 8.18. The number of rotatable bonds is 6. The first kappa shape index (κ1) is 26.3. The van der Waals surface area contributed by atoms with Gasteiger partial charge < -0.3 is 10.1 Å². The maximum absolute atomic E-state index is 15.1. The Morgan fingerprint density at radius 3 is 2.58 bits per heavy atom. The second-order valence-corrected chi connectivity index (χ2v) is 10.9. The van der Waals surface area contributed by atoms with Gasteiger partial charge in [0.25, 0.3) is 15.6 Å². The van der Waals surface area contributed by atoms with E-state index >= 15 is 8.78 Å². The van der Waals surface area contributed by atoms with Crippen LogP contribution in [-0.4, -0.2) is 78.3 Å². The molecule has 0 aliphatic carbocycles. The second-order valence-electron chi connectivity index (χ2n) is 8.62. The molecule has 10 nitrogen and oxygen atoms in total. The Morgan fingerprint density at radius 1 is 1.28 bits per heavy atom. The zero-order valence-corrected chi connectivity index (χ0v) is 20.4. The van der Waals surface area contributed by atoms with Crippen molar-refractivity contribution in [2.75, 3.05) is 38.2 Å². The van der Waals surface area contributed by atoms with Gasteiger partial charge in [-0.15, -0.1) is 0 Å². The highest BCUT2D eigenvalue weighted by molar-refractivity contribution is 7.89. The van der Waals surface area contributed by atoms with Crippen molar-refractivity contribution in [3.8, 4) is 6.07 Å². The quantitative estimate of drug-likeness (QED) is 0.582. The zero-order chi connectivity index (χ0) is 26.1. The molecule has 0 saturated carbocycles. The molecule has 0 unspecified atom stereocenters. The van der Waals surface area contributed by atoms with Crippen LogP contribution in [0.5, 0.6) is 0 Å². The van der Waals surface area contributed by atoms with E-state index in [9.17, 15) is 17.6 Å². The normalized spacial score (nSPS) is 25.9. The number of hydrogen-bond donors (Lipinski definition) is 1. The van der Waals surface area contributed by atoms with Gasteiger partial charge in [-0.1, -0.05) is 11.6 Å². The molecule has 3 atom stereocenters. The molecule has 2 aliphatic heterocycles. The fourth-order valence-corrected chi connectivity index (χ4v) is 5.70. The minimum absolute atomic E-state index is 0.00163. The second kappa shape index (κ2) is 10.3. The number of nitrogens with one attached hydrogen (secondary N) is 1. The Bertz CT molecular complexity index is 1300. The third kappa shape index (κ3) is 5.19. The maximum atomic E-state index is 15.1. The van der Waals surface area contributed by atoms with Crippen molar-refractivity contribution in [2.24, 2.45) is 0 Å². The van der Waals surface area contributed by atoms with Crippen LogP contribution < -0.4 is 10.9 Å². The van der Waals surface area contributed by atoms with E-state index in [2.05, 4.69) is 15.4 Å². The van der Waals surface area contributed by atoms with Gasteiger partial charge in [0.15, 0.2) is 10.7 Å². The molecule has 2 aromatic heterocycles. The number of sulfonamides is 1. The van der Waals surface area contributed by atoms with E-state index in [1.54, 1.807) is 6.07 Å². The predicted molar refractivity (Wildman–Crippen MR) is 122 cm³/mol. The van der Waals surface area contributed by atoms with Crippen LogP contribution in [0.3, 0.4) is 0 Å². The standard InChI is InChI=1S/C21H22ClF3N6O4S/c22-18-16(28-11-21(25)4-1-5-35-12-21)8-29-31(20(18)32)19-14(23)9-30(10-15(19)24)36(33,34)17-3-2-13(6-26)7-27-17/h2-3,7-8,14-15,19,28H,1,4-5,9-12H2/t14-,15-,21-/m0/s1. The van der Waals surface area contributed by atoms with Crippen molar-refractivity contribution in [1.82, 2.24) is 19.1 Å². The number of pyridine rings is 1. The molecule has 4 heterocycles. The lowest BCUT2D eigenvalue weighted by molar-refractivity contribution is -0.0234. The van der Waals surface area contributed by atoms with Crippen LogP contribution in [-0.2, 0) is 14.8 Å². The molecule has 0 radical (unpaired) electrons. The number of alkyl halides is 3. The molecule has 0 amide bonds. The van der Waals surface area contributed by atoms with Gasteiger partial charge in [0, 0.05) is 25.9 Å². The van der Waals surface area contributed by atoms with Crippen LogP contribution in [0.15, 0.2) is 34.3 Å². The Labute approximate surface area is 209 Å². The van der Waals surface area contributed by atoms with Crippen LogP contribution in [0.4, 0.5) is 18.9 Å². The molecule has 36 heavy (non-hydrogen) atoms. The molecule has 4 rings (SSSR count).